The number of hydrogen-bond acceptors (Lipinski definition) is 3. The molecule has 0 aliphatic heterocycles. The molecule has 1 N–H and O–H groups in total. The molecule has 0 aromatic carbocycles. The standard InChI is InChI=1S/C21H42O3Si2/c1-13-15-19(24-26(11,12)21(6,7)8)17(16-22)18(14-2)23-25(9,10)20(3,4)5/h1,14,17-19,22H,2,15-16H2,3-12H3/t17-,18-,19+/m0/s1. The fourth-order valence-electron chi connectivity index (χ4n) is 2.21. The number of rotatable bonds is 9. The van der Waals surface area contributed by atoms with Crippen LogP contribution in [0.3, 0.4) is 0 Å². The van der Waals surface area contributed by atoms with Gasteiger partial charge in [0.2, 0.25) is 0 Å². The molecule has 0 spiro atoms. The lowest BCUT2D eigenvalue weighted by molar-refractivity contribution is 0.0171. The van der Waals surface area contributed by atoms with Gasteiger partial charge in [-0.3, -0.25) is 0 Å². The Bertz CT molecular complexity index is 493. The summed E-state index contributed by atoms with van der Waals surface area (Å²) in [5.74, 6) is 2.52. The van der Waals surface area contributed by atoms with E-state index < -0.39 is 16.6 Å². The van der Waals surface area contributed by atoms with Gasteiger partial charge in [0.05, 0.1) is 18.8 Å². The molecule has 26 heavy (non-hydrogen) atoms. The first-order valence-corrected chi connectivity index (χ1v) is 15.4. The molecule has 0 saturated carbocycles. The van der Waals surface area contributed by atoms with Gasteiger partial charge < -0.3 is 14.0 Å². The Morgan fingerprint density at radius 2 is 1.42 bits per heavy atom. The molecule has 0 heterocycles. The van der Waals surface area contributed by atoms with Crippen LogP contribution in [-0.2, 0) is 8.85 Å². The van der Waals surface area contributed by atoms with Crippen LogP contribution in [0.1, 0.15) is 48.0 Å². The maximum atomic E-state index is 10.2. The van der Waals surface area contributed by atoms with E-state index in [1.165, 1.54) is 0 Å². The first kappa shape index (κ1) is 25.6. The summed E-state index contributed by atoms with van der Waals surface area (Å²) in [7, 11) is -4.03. The molecule has 5 heteroatoms. The molecular formula is C21H42O3Si2. The SMILES string of the molecule is C#CC[C@@H](O[Si](C)(C)C(C)(C)C)[C@@H](CO)[C@H](C=C)O[Si](C)(C)C(C)(C)C. The van der Waals surface area contributed by atoms with Crippen molar-refractivity contribution in [1.82, 2.24) is 0 Å². The zero-order valence-corrected chi connectivity index (χ0v) is 20.8. The van der Waals surface area contributed by atoms with Crippen LogP contribution in [0.5, 0.6) is 0 Å². The van der Waals surface area contributed by atoms with Crippen LogP contribution in [0.25, 0.3) is 0 Å². The summed E-state index contributed by atoms with van der Waals surface area (Å²) in [6.07, 6.45) is 7.39. The van der Waals surface area contributed by atoms with Crippen molar-refractivity contribution >= 4 is 16.6 Å². The number of aliphatic hydroxyl groups is 1. The predicted molar refractivity (Wildman–Crippen MR) is 118 cm³/mol. The van der Waals surface area contributed by atoms with E-state index in [1.54, 1.807) is 6.08 Å². The van der Waals surface area contributed by atoms with Crippen molar-refractivity contribution in [3.8, 4) is 12.3 Å². The van der Waals surface area contributed by atoms with Gasteiger partial charge in [-0.1, -0.05) is 47.6 Å². The Balaban J connectivity index is 5.68. The molecule has 0 bridgehead atoms. The Morgan fingerprint density at radius 3 is 1.73 bits per heavy atom. The van der Waals surface area contributed by atoms with Crippen molar-refractivity contribution in [2.45, 2.75) is 96.4 Å². The molecule has 3 nitrogen and oxygen atoms in total. The summed E-state index contributed by atoms with van der Waals surface area (Å²) in [4.78, 5) is 0. The monoisotopic (exact) mass is 398 g/mol. The van der Waals surface area contributed by atoms with Gasteiger partial charge in [0.15, 0.2) is 16.6 Å². The highest BCUT2D eigenvalue weighted by Gasteiger charge is 2.44. The second kappa shape index (κ2) is 9.21. The maximum absolute atomic E-state index is 10.2. The summed E-state index contributed by atoms with van der Waals surface area (Å²) in [6, 6.07) is 0. The first-order valence-electron chi connectivity index (χ1n) is 9.56. The van der Waals surface area contributed by atoms with Gasteiger partial charge in [-0.05, 0) is 36.3 Å². The molecule has 0 aromatic heterocycles. The molecule has 3 atom stereocenters. The molecular weight excluding hydrogens is 356 g/mol. The normalized spacial score (nSPS) is 17.3. The average molecular weight is 399 g/mol. The highest BCUT2D eigenvalue weighted by molar-refractivity contribution is 6.74. The Labute approximate surface area is 164 Å². The van der Waals surface area contributed by atoms with Gasteiger partial charge in [-0.15, -0.1) is 18.9 Å². The number of terminal acetylenes is 1. The lowest BCUT2D eigenvalue weighted by atomic mass is 9.95. The first-order chi connectivity index (χ1) is 11.5. The van der Waals surface area contributed by atoms with E-state index in [1.807, 2.05) is 0 Å². The summed E-state index contributed by atoms with van der Waals surface area (Å²) in [5.41, 5.74) is 0. The van der Waals surface area contributed by atoms with Gasteiger partial charge >= 0.3 is 0 Å². The fraction of sp³-hybridized carbons (Fsp3) is 0.810. The van der Waals surface area contributed by atoms with E-state index in [9.17, 15) is 5.11 Å². The van der Waals surface area contributed by atoms with Crippen molar-refractivity contribution in [1.29, 1.82) is 0 Å². The average Bonchev–Trinajstić information content (AvgIpc) is 2.44. The molecule has 0 rings (SSSR count). The zero-order chi connectivity index (χ0) is 21.0. The van der Waals surface area contributed by atoms with Crippen LogP contribution in [-0.4, -0.2) is 40.6 Å². The second-order valence-electron chi connectivity index (χ2n) is 10.2. The molecule has 0 saturated heterocycles. The molecule has 0 unspecified atom stereocenters. The van der Waals surface area contributed by atoms with Gasteiger partial charge in [-0.2, -0.15) is 0 Å². The van der Waals surface area contributed by atoms with E-state index >= 15 is 0 Å². The molecule has 0 aliphatic rings. The van der Waals surface area contributed by atoms with Crippen LogP contribution >= 0.6 is 0 Å². The number of hydrogen-bond donors (Lipinski definition) is 1. The van der Waals surface area contributed by atoms with Crippen molar-refractivity contribution in [3.63, 3.8) is 0 Å². The van der Waals surface area contributed by atoms with E-state index in [-0.39, 0.29) is 34.8 Å². The van der Waals surface area contributed by atoms with E-state index in [0.29, 0.717) is 6.42 Å². The summed E-state index contributed by atoms with van der Waals surface area (Å²) < 4.78 is 13.2. The Morgan fingerprint density at radius 1 is 1.00 bits per heavy atom. The van der Waals surface area contributed by atoms with E-state index in [2.05, 4.69) is 80.2 Å². The smallest absolute Gasteiger partial charge is 0.192 e. The van der Waals surface area contributed by atoms with Gasteiger partial charge in [0.1, 0.15) is 0 Å². The molecule has 152 valence electrons. The van der Waals surface area contributed by atoms with Crippen LogP contribution in [0.2, 0.25) is 36.3 Å². The van der Waals surface area contributed by atoms with Crippen molar-refractivity contribution < 1.29 is 14.0 Å². The van der Waals surface area contributed by atoms with Crippen molar-refractivity contribution in [3.05, 3.63) is 12.7 Å². The molecule has 0 amide bonds. The van der Waals surface area contributed by atoms with Crippen molar-refractivity contribution in [2.24, 2.45) is 5.92 Å². The molecule has 0 aromatic rings. The topological polar surface area (TPSA) is 38.7 Å². The quantitative estimate of drug-likeness (QED) is 0.313. The third-order valence-corrected chi connectivity index (χ3v) is 15.1. The summed E-state index contributed by atoms with van der Waals surface area (Å²) in [6.45, 7) is 26.0. The van der Waals surface area contributed by atoms with Gasteiger partial charge in [-0.25, -0.2) is 0 Å². The Hall–Kier alpha value is -0.386. The van der Waals surface area contributed by atoms with Gasteiger partial charge in [0, 0.05) is 12.3 Å². The lowest BCUT2D eigenvalue weighted by Crippen LogP contribution is -2.51. The number of aliphatic hydroxyl groups excluding tert-OH is 1. The van der Waals surface area contributed by atoms with Crippen LogP contribution < -0.4 is 0 Å². The van der Waals surface area contributed by atoms with Gasteiger partial charge in [0.25, 0.3) is 0 Å². The summed E-state index contributed by atoms with van der Waals surface area (Å²) >= 11 is 0. The van der Waals surface area contributed by atoms with Crippen LogP contribution in [0, 0.1) is 18.3 Å². The van der Waals surface area contributed by atoms with Crippen LogP contribution in [0.15, 0.2) is 12.7 Å². The molecule has 0 radical (unpaired) electrons. The highest BCUT2D eigenvalue weighted by atomic mass is 28.4. The molecule has 0 fully saturated rings. The minimum Gasteiger partial charge on any atom is -0.412 e. The van der Waals surface area contributed by atoms with E-state index in [4.69, 9.17) is 15.3 Å². The lowest BCUT2D eigenvalue weighted by Gasteiger charge is -2.44. The fourth-order valence-corrected chi connectivity index (χ4v) is 4.89. The largest absolute Gasteiger partial charge is 0.412 e. The zero-order valence-electron chi connectivity index (χ0n) is 18.8. The highest BCUT2D eigenvalue weighted by Crippen LogP contribution is 2.41. The molecule has 0 aliphatic carbocycles. The van der Waals surface area contributed by atoms with E-state index in [0.717, 1.165) is 0 Å². The minimum atomic E-state index is -2.02. The predicted octanol–water partition coefficient (Wildman–Crippen LogP) is 5.59. The Kier molecular flexibility index (Phi) is 9.07. The summed E-state index contributed by atoms with van der Waals surface area (Å²) in [5, 5.41) is 10.3. The third kappa shape index (κ3) is 6.65. The maximum Gasteiger partial charge on any atom is 0.192 e. The third-order valence-electron chi connectivity index (χ3n) is 6.15. The van der Waals surface area contributed by atoms with Crippen LogP contribution in [0.4, 0.5) is 0 Å². The minimum absolute atomic E-state index is 0.0354. The second-order valence-corrected chi connectivity index (χ2v) is 19.8. The van der Waals surface area contributed by atoms with Crippen molar-refractivity contribution in [2.75, 3.05) is 6.61 Å².